The molecule has 1 atom stereocenters. The van der Waals surface area contributed by atoms with Crippen LogP contribution in [0.2, 0.25) is 0 Å². The van der Waals surface area contributed by atoms with Gasteiger partial charge in [0.2, 0.25) is 0 Å². The minimum Gasteiger partial charge on any atom is -0.357 e. The van der Waals surface area contributed by atoms with Crippen molar-refractivity contribution in [1.82, 2.24) is 15.5 Å². The molecule has 0 aromatic rings. The van der Waals surface area contributed by atoms with Gasteiger partial charge in [0.1, 0.15) is 9.84 Å². The van der Waals surface area contributed by atoms with Gasteiger partial charge >= 0.3 is 0 Å². The Balaban J connectivity index is 0.00000484. The fourth-order valence-electron chi connectivity index (χ4n) is 2.48. The Hall–Kier alpha value is -0.0900. The van der Waals surface area contributed by atoms with E-state index >= 15 is 0 Å². The van der Waals surface area contributed by atoms with Gasteiger partial charge in [-0.25, -0.2) is 8.42 Å². The summed E-state index contributed by atoms with van der Waals surface area (Å²) in [6.45, 7) is 7.96. The summed E-state index contributed by atoms with van der Waals surface area (Å²) in [5, 5.41) is 6.54. The molecule has 0 radical (unpaired) electrons. The van der Waals surface area contributed by atoms with Crippen LogP contribution in [0, 0.1) is 5.92 Å². The smallest absolute Gasteiger partial charge is 0.191 e. The third-order valence-corrected chi connectivity index (χ3v) is 4.97. The number of hydrogen-bond donors (Lipinski definition) is 2. The maximum atomic E-state index is 11.2. The number of guanidine groups is 1. The molecule has 2 N–H and O–H groups in total. The molecule has 1 aliphatic rings. The molecule has 1 aliphatic heterocycles. The molecule has 1 unspecified atom stereocenters. The molecule has 0 aromatic heterocycles. The van der Waals surface area contributed by atoms with Crippen molar-refractivity contribution >= 4 is 39.8 Å². The number of piperidine rings is 1. The lowest BCUT2D eigenvalue weighted by Crippen LogP contribution is -2.43. The Labute approximate surface area is 158 Å². The fraction of sp³-hybridized carbons (Fsp3) is 0.933. The standard InChI is InChI=1S/C15H32N4O2S.HI/c1-5-16-15(18-13(2)8-11-22(4,20)21)17-12-14-6-9-19(3)10-7-14;/h13-14H,5-12H2,1-4H3,(H2,16,17,18);1H. The summed E-state index contributed by atoms with van der Waals surface area (Å²) in [6, 6.07) is 0.0880. The number of halogens is 1. The monoisotopic (exact) mass is 460 g/mol. The van der Waals surface area contributed by atoms with Crippen molar-refractivity contribution in [3.05, 3.63) is 0 Å². The highest BCUT2D eigenvalue weighted by Crippen LogP contribution is 2.15. The summed E-state index contributed by atoms with van der Waals surface area (Å²) in [4.78, 5) is 7.03. The van der Waals surface area contributed by atoms with Crippen LogP contribution in [0.15, 0.2) is 4.99 Å². The molecule has 6 nitrogen and oxygen atoms in total. The molecular formula is C15H33IN4O2S. The van der Waals surface area contributed by atoms with Crippen molar-refractivity contribution in [3.63, 3.8) is 0 Å². The second-order valence-corrected chi connectivity index (χ2v) is 8.69. The zero-order valence-electron chi connectivity index (χ0n) is 14.8. The maximum Gasteiger partial charge on any atom is 0.191 e. The molecular weight excluding hydrogens is 427 g/mol. The average molecular weight is 460 g/mol. The highest BCUT2D eigenvalue weighted by molar-refractivity contribution is 14.0. The van der Waals surface area contributed by atoms with E-state index in [1.165, 1.54) is 19.1 Å². The lowest BCUT2D eigenvalue weighted by atomic mass is 9.97. The maximum absolute atomic E-state index is 11.2. The Morgan fingerprint density at radius 3 is 2.48 bits per heavy atom. The molecule has 1 rings (SSSR count). The molecule has 0 spiro atoms. The van der Waals surface area contributed by atoms with Crippen LogP contribution in [0.25, 0.3) is 0 Å². The molecule has 0 amide bonds. The van der Waals surface area contributed by atoms with E-state index in [4.69, 9.17) is 0 Å². The van der Waals surface area contributed by atoms with Crippen molar-refractivity contribution < 1.29 is 8.42 Å². The molecule has 1 fully saturated rings. The number of hydrogen-bond acceptors (Lipinski definition) is 4. The molecule has 23 heavy (non-hydrogen) atoms. The molecule has 138 valence electrons. The van der Waals surface area contributed by atoms with Crippen LogP contribution in [0.3, 0.4) is 0 Å². The summed E-state index contributed by atoms with van der Waals surface area (Å²) in [5.41, 5.74) is 0. The summed E-state index contributed by atoms with van der Waals surface area (Å²) in [5.74, 6) is 1.65. The SMILES string of the molecule is CCNC(=NCC1CCN(C)CC1)NC(C)CCS(C)(=O)=O.I. The van der Waals surface area contributed by atoms with E-state index in [0.717, 1.165) is 32.1 Å². The third kappa shape index (κ3) is 11.1. The summed E-state index contributed by atoms with van der Waals surface area (Å²) in [7, 11) is -0.746. The van der Waals surface area contributed by atoms with Crippen molar-refractivity contribution in [3.8, 4) is 0 Å². The van der Waals surface area contributed by atoms with E-state index in [2.05, 4.69) is 27.6 Å². The highest BCUT2D eigenvalue weighted by Gasteiger charge is 2.16. The van der Waals surface area contributed by atoms with Crippen molar-refractivity contribution in [1.29, 1.82) is 0 Å². The van der Waals surface area contributed by atoms with E-state index < -0.39 is 9.84 Å². The number of sulfone groups is 1. The van der Waals surface area contributed by atoms with Gasteiger partial charge in [0, 0.05) is 25.4 Å². The van der Waals surface area contributed by atoms with Gasteiger partial charge in [-0.3, -0.25) is 4.99 Å². The van der Waals surface area contributed by atoms with Crippen LogP contribution >= 0.6 is 24.0 Å². The first kappa shape index (κ1) is 22.9. The molecule has 8 heteroatoms. The lowest BCUT2D eigenvalue weighted by molar-refractivity contribution is 0.223. The van der Waals surface area contributed by atoms with Gasteiger partial charge in [0.15, 0.2) is 5.96 Å². The van der Waals surface area contributed by atoms with Gasteiger partial charge in [0.05, 0.1) is 5.75 Å². The normalized spacial score (nSPS) is 19.0. The third-order valence-electron chi connectivity index (χ3n) is 3.99. The van der Waals surface area contributed by atoms with E-state index in [-0.39, 0.29) is 35.8 Å². The van der Waals surface area contributed by atoms with Crippen LogP contribution in [-0.2, 0) is 9.84 Å². The second-order valence-electron chi connectivity index (χ2n) is 6.43. The van der Waals surface area contributed by atoms with Crippen LogP contribution < -0.4 is 10.6 Å². The summed E-state index contributed by atoms with van der Waals surface area (Å²) in [6.07, 6.45) is 4.27. The van der Waals surface area contributed by atoms with Gasteiger partial charge in [-0.15, -0.1) is 24.0 Å². The van der Waals surface area contributed by atoms with Crippen molar-refractivity contribution in [2.45, 2.75) is 39.2 Å². The minimum absolute atomic E-state index is 0. The number of nitrogens with one attached hydrogen (secondary N) is 2. The van der Waals surface area contributed by atoms with E-state index in [1.54, 1.807) is 0 Å². The first-order valence-electron chi connectivity index (χ1n) is 8.21. The number of likely N-dealkylation sites (tertiary alicyclic amines) is 1. The molecule has 0 aliphatic carbocycles. The van der Waals surface area contributed by atoms with Crippen LogP contribution in [0.5, 0.6) is 0 Å². The Kier molecular flexibility index (Phi) is 11.4. The molecule has 0 aromatic carbocycles. The van der Waals surface area contributed by atoms with Crippen LogP contribution in [-0.4, -0.2) is 70.6 Å². The van der Waals surface area contributed by atoms with E-state index in [0.29, 0.717) is 12.3 Å². The Bertz CT molecular complexity index is 448. The summed E-state index contributed by atoms with van der Waals surface area (Å²) >= 11 is 0. The first-order valence-corrected chi connectivity index (χ1v) is 10.3. The van der Waals surface area contributed by atoms with Crippen LogP contribution in [0.4, 0.5) is 0 Å². The first-order chi connectivity index (χ1) is 10.3. The van der Waals surface area contributed by atoms with Gasteiger partial charge < -0.3 is 15.5 Å². The quantitative estimate of drug-likeness (QED) is 0.341. The predicted octanol–water partition coefficient (Wildman–Crippen LogP) is 1.32. The lowest BCUT2D eigenvalue weighted by Gasteiger charge is -2.28. The van der Waals surface area contributed by atoms with Gasteiger partial charge in [0.25, 0.3) is 0 Å². The zero-order chi connectivity index (χ0) is 16.6. The Morgan fingerprint density at radius 2 is 1.96 bits per heavy atom. The van der Waals surface area contributed by atoms with Crippen LogP contribution in [0.1, 0.15) is 33.1 Å². The van der Waals surface area contributed by atoms with Gasteiger partial charge in [-0.2, -0.15) is 0 Å². The largest absolute Gasteiger partial charge is 0.357 e. The minimum atomic E-state index is -2.91. The van der Waals surface area contributed by atoms with E-state index in [9.17, 15) is 8.42 Å². The number of aliphatic imine (C=N–C) groups is 1. The highest BCUT2D eigenvalue weighted by atomic mass is 127. The van der Waals surface area contributed by atoms with Gasteiger partial charge in [-0.05, 0) is 59.2 Å². The molecule has 0 bridgehead atoms. The average Bonchev–Trinajstić information content (AvgIpc) is 2.44. The van der Waals surface area contributed by atoms with E-state index in [1.807, 2.05) is 13.8 Å². The molecule has 0 saturated carbocycles. The molecule has 1 saturated heterocycles. The molecule has 1 heterocycles. The topological polar surface area (TPSA) is 73.8 Å². The predicted molar refractivity (Wildman–Crippen MR) is 109 cm³/mol. The van der Waals surface area contributed by atoms with Crippen molar-refractivity contribution in [2.75, 3.05) is 45.2 Å². The number of nitrogens with zero attached hydrogens (tertiary/aromatic N) is 2. The Morgan fingerprint density at radius 1 is 1.35 bits per heavy atom. The fourth-order valence-corrected chi connectivity index (χ4v) is 3.26. The zero-order valence-corrected chi connectivity index (χ0v) is 18.0. The van der Waals surface area contributed by atoms with Crippen molar-refractivity contribution in [2.24, 2.45) is 10.9 Å². The number of rotatable bonds is 7. The van der Waals surface area contributed by atoms with Gasteiger partial charge in [-0.1, -0.05) is 0 Å². The summed E-state index contributed by atoms with van der Waals surface area (Å²) < 4.78 is 22.5. The second kappa shape index (κ2) is 11.5.